The van der Waals surface area contributed by atoms with Crippen LogP contribution >= 0.6 is 11.3 Å². The lowest BCUT2D eigenvalue weighted by molar-refractivity contribution is 0.0982. The third-order valence-electron chi connectivity index (χ3n) is 12.8. The number of carbonyl (C=O) groups excluding carboxylic acids is 4. The van der Waals surface area contributed by atoms with E-state index in [1.165, 1.54) is 24.5 Å². The first-order valence-electron chi connectivity index (χ1n) is 23.8. The monoisotopic (exact) mass is 986 g/mol. The van der Waals surface area contributed by atoms with E-state index in [9.17, 15) is 19.2 Å². The minimum absolute atomic E-state index is 0.179. The molecule has 0 unspecified atom stereocenters. The van der Waals surface area contributed by atoms with Crippen molar-refractivity contribution >= 4 is 62.2 Å². The van der Waals surface area contributed by atoms with Crippen LogP contribution < -0.4 is 36.4 Å². The van der Waals surface area contributed by atoms with Crippen molar-refractivity contribution in [2.24, 2.45) is 16.5 Å². The van der Waals surface area contributed by atoms with Crippen LogP contribution in [0.5, 0.6) is 11.5 Å². The number of nitrogens with one attached hydrogen (secondary N) is 2. The number of primary amides is 2. The Morgan fingerprint density at radius 1 is 0.859 bits per heavy atom. The summed E-state index contributed by atoms with van der Waals surface area (Å²) in [5.74, 6) is 1.23. The average molecular weight is 987 g/mol. The summed E-state index contributed by atoms with van der Waals surface area (Å²) in [5.41, 5.74) is 15.6. The number of aryl methyl sites for hydroxylation is 4. The van der Waals surface area contributed by atoms with E-state index in [0.29, 0.717) is 85.9 Å². The second-order valence-corrected chi connectivity index (χ2v) is 18.6. The Morgan fingerprint density at radius 2 is 1.54 bits per heavy atom. The number of fused-ring (bicyclic) bond motifs is 3. The number of benzene rings is 2. The number of ether oxygens (including phenoxy) is 2. The molecular weight excluding hydrogens is 929 g/mol. The number of thiazole rings is 1. The van der Waals surface area contributed by atoms with E-state index in [-0.39, 0.29) is 30.2 Å². The molecule has 23 heteroatoms. The van der Waals surface area contributed by atoms with Gasteiger partial charge in [0.25, 0.3) is 11.8 Å². The lowest BCUT2D eigenvalue weighted by Crippen LogP contribution is -2.36. The molecule has 0 spiro atoms. The number of anilines is 1. The van der Waals surface area contributed by atoms with Gasteiger partial charge in [-0.3, -0.25) is 33.9 Å². The van der Waals surface area contributed by atoms with E-state index in [4.69, 9.17) is 25.9 Å². The van der Waals surface area contributed by atoms with Gasteiger partial charge in [-0.1, -0.05) is 23.5 Å². The molecule has 71 heavy (non-hydrogen) atoms. The highest BCUT2D eigenvalue weighted by atomic mass is 32.1. The fraction of sp³-hybridized carbons (Fsp3) is 0.417. The fourth-order valence-electron chi connectivity index (χ4n) is 9.38. The maximum absolute atomic E-state index is 14.0. The summed E-state index contributed by atoms with van der Waals surface area (Å²) in [6.45, 7) is 14.4. The first-order chi connectivity index (χ1) is 34.3. The van der Waals surface area contributed by atoms with Crippen LogP contribution in [0.4, 0.5) is 5.95 Å². The molecule has 4 amide bonds. The van der Waals surface area contributed by atoms with Gasteiger partial charge < -0.3 is 44.9 Å². The number of nitrogens with zero attached hydrogens (tertiary/aromatic N) is 12. The van der Waals surface area contributed by atoms with Gasteiger partial charge in [-0.15, -0.1) is 10.2 Å². The second-order valence-electron chi connectivity index (χ2n) is 17.6. The van der Waals surface area contributed by atoms with Crippen molar-refractivity contribution in [2.75, 3.05) is 45.2 Å². The highest BCUT2D eigenvalue weighted by Crippen LogP contribution is 2.33. The number of piperidine rings is 1. The van der Waals surface area contributed by atoms with E-state index >= 15 is 0 Å². The summed E-state index contributed by atoms with van der Waals surface area (Å²) in [7, 11) is 1.48. The Balaban J connectivity index is 1.01. The molecule has 0 bridgehead atoms. The molecular formula is C48H58N16O6S. The molecule has 7 aromatic rings. The van der Waals surface area contributed by atoms with E-state index in [1.54, 1.807) is 44.3 Å². The quantitative estimate of drug-likeness (QED) is 0.0703. The van der Waals surface area contributed by atoms with Crippen molar-refractivity contribution in [3.8, 4) is 11.5 Å². The molecule has 0 radical (unpaired) electrons. The van der Waals surface area contributed by atoms with Gasteiger partial charge in [0.2, 0.25) is 17.8 Å². The van der Waals surface area contributed by atoms with Gasteiger partial charge in [0.15, 0.2) is 4.80 Å². The maximum atomic E-state index is 14.0. The number of hydrogen-bond acceptors (Lipinski definition) is 14. The maximum Gasteiger partial charge on any atom is 0.297 e. The predicted molar refractivity (Wildman–Crippen MR) is 266 cm³/mol. The lowest BCUT2D eigenvalue weighted by Gasteiger charge is -2.32. The summed E-state index contributed by atoms with van der Waals surface area (Å²) in [6.07, 6.45) is 6.51. The Kier molecular flexibility index (Phi) is 14.2. The summed E-state index contributed by atoms with van der Waals surface area (Å²) in [6, 6.07) is 9.82. The molecule has 2 aromatic carbocycles. The van der Waals surface area contributed by atoms with Crippen molar-refractivity contribution in [1.82, 2.24) is 58.7 Å². The van der Waals surface area contributed by atoms with Crippen LogP contribution in [0, 0.1) is 13.8 Å². The molecule has 6 N–H and O–H groups in total. The topological polar surface area (TPSA) is 268 Å². The molecule has 0 atom stereocenters. The molecule has 5 aromatic heterocycles. The van der Waals surface area contributed by atoms with Crippen LogP contribution in [-0.4, -0.2) is 117 Å². The smallest absolute Gasteiger partial charge is 0.297 e. The normalized spacial score (nSPS) is 14.7. The highest BCUT2D eigenvalue weighted by Gasteiger charge is 2.28. The van der Waals surface area contributed by atoms with Gasteiger partial charge in [0, 0.05) is 62.9 Å². The SMILES string of the molecule is CCn1nc(C)cc1C(=O)/N=c1\sc2cc(C(N)=O)cc(OCCCN3CCC(c4nnc5n4CCNC5)CC3)c2n1C/C=C/Cn1c(NC(=O)c2cc(C)nn2CC)nc2cc(C(N)=O)cc(OC)c21. The average Bonchev–Trinajstić information content (AvgIpc) is 4.20. The van der Waals surface area contributed by atoms with Gasteiger partial charge >= 0.3 is 0 Å². The fourth-order valence-corrected chi connectivity index (χ4v) is 10.5. The van der Waals surface area contributed by atoms with Crippen molar-refractivity contribution < 1.29 is 28.7 Å². The van der Waals surface area contributed by atoms with Crippen molar-refractivity contribution in [1.29, 1.82) is 0 Å². The highest BCUT2D eigenvalue weighted by molar-refractivity contribution is 7.16. The molecule has 0 aliphatic carbocycles. The van der Waals surface area contributed by atoms with Crippen LogP contribution in [0.3, 0.4) is 0 Å². The second kappa shape index (κ2) is 20.8. The number of methoxy groups -OCH3 is 1. The lowest BCUT2D eigenvalue weighted by atomic mass is 9.95. The predicted octanol–water partition coefficient (Wildman–Crippen LogP) is 3.90. The number of imidazole rings is 1. The number of rotatable bonds is 18. The van der Waals surface area contributed by atoms with Crippen LogP contribution in [0.15, 0.2) is 53.5 Å². The minimum atomic E-state index is -0.663. The van der Waals surface area contributed by atoms with Crippen LogP contribution in [-0.2, 0) is 39.3 Å². The van der Waals surface area contributed by atoms with Gasteiger partial charge in [0.1, 0.15) is 45.6 Å². The van der Waals surface area contributed by atoms with Crippen molar-refractivity contribution in [3.63, 3.8) is 0 Å². The molecule has 1 fully saturated rings. The molecule has 9 rings (SSSR count). The molecule has 372 valence electrons. The standard InChI is InChI=1S/C48H58N16O6S/c1-6-63-34(21-28(3)57-63)45(67)53-47-52-33-23-31(42(49)65)24-36(69-5)40(33)61(47)15-8-9-16-62-41-37(70-20-10-14-59-17-11-30(12-18-59)44-56-55-39-27-51-13-19-60(39)44)25-32(43(50)66)26-38(41)71-48(62)54-46(68)35-22-29(4)58-64(35)7-2/h8-9,21-26,30,51H,6-7,10-20,27H2,1-5H3,(H2,49,65)(H2,50,66)(H,52,53,67)/b9-8+,54-48-. The Hall–Kier alpha value is -7.50. The van der Waals surface area contributed by atoms with Crippen LogP contribution in [0.2, 0.25) is 0 Å². The summed E-state index contributed by atoms with van der Waals surface area (Å²) >= 11 is 1.24. The van der Waals surface area contributed by atoms with Crippen LogP contribution in [0.25, 0.3) is 21.3 Å². The molecule has 2 aliphatic heterocycles. The molecule has 22 nitrogen and oxygen atoms in total. The van der Waals surface area contributed by atoms with Crippen LogP contribution in [0.1, 0.15) is 104 Å². The van der Waals surface area contributed by atoms with Crippen molar-refractivity contribution in [2.45, 2.75) is 92.1 Å². The zero-order chi connectivity index (χ0) is 49.9. The first kappa shape index (κ1) is 48.5. The largest absolute Gasteiger partial charge is 0.494 e. The number of aromatic nitrogens is 10. The third kappa shape index (κ3) is 10.1. The zero-order valence-corrected chi connectivity index (χ0v) is 41.3. The number of amides is 4. The molecule has 7 heterocycles. The van der Waals surface area contributed by atoms with E-state index in [0.717, 1.165) is 70.2 Å². The van der Waals surface area contributed by atoms with E-state index in [1.807, 2.05) is 44.4 Å². The summed E-state index contributed by atoms with van der Waals surface area (Å²) in [4.78, 5) is 65.0. The van der Waals surface area contributed by atoms with Gasteiger partial charge in [0.05, 0.1) is 41.9 Å². The van der Waals surface area contributed by atoms with Gasteiger partial charge in [-0.2, -0.15) is 15.2 Å². The number of likely N-dealkylation sites (tertiary alicyclic amines) is 1. The van der Waals surface area contributed by atoms with Gasteiger partial charge in [-0.05, 0) is 96.4 Å². The number of carbonyl (C=O) groups is 4. The zero-order valence-electron chi connectivity index (χ0n) is 40.5. The number of allylic oxidation sites excluding steroid dienone is 2. The Morgan fingerprint density at radius 3 is 2.24 bits per heavy atom. The van der Waals surface area contributed by atoms with E-state index < -0.39 is 23.6 Å². The van der Waals surface area contributed by atoms with Gasteiger partial charge in [-0.25, -0.2) is 4.98 Å². The summed E-state index contributed by atoms with van der Waals surface area (Å²) in [5, 5.41) is 24.2. The number of nitrogens with two attached hydrogens (primary N) is 2. The van der Waals surface area contributed by atoms with Crippen molar-refractivity contribution in [3.05, 3.63) is 98.9 Å². The molecule has 0 saturated carbocycles. The third-order valence-corrected chi connectivity index (χ3v) is 13.9. The Labute approximate surface area is 412 Å². The van der Waals surface area contributed by atoms with E-state index in [2.05, 4.69) is 45.5 Å². The first-order valence-corrected chi connectivity index (χ1v) is 24.6. The molecule has 2 aliphatic rings. The molecule has 1 saturated heterocycles. The number of hydrogen-bond donors (Lipinski definition) is 4. The Bertz CT molecular complexity index is 3270. The summed E-state index contributed by atoms with van der Waals surface area (Å²) < 4.78 is 22.1. The minimum Gasteiger partial charge on any atom is -0.494 e.